The molecular weight excluding hydrogens is 203 g/mol. The van der Waals surface area contributed by atoms with Gasteiger partial charge in [-0.1, -0.05) is 0 Å². The fourth-order valence-corrected chi connectivity index (χ4v) is 4.39. The second-order valence-corrected chi connectivity index (χ2v) is 13.0. The van der Waals surface area contributed by atoms with Crippen molar-refractivity contribution in [3.05, 3.63) is 21.5 Å². The molecule has 0 saturated heterocycles. The van der Waals surface area contributed by atoms with E-state index in [0.29, 0.717) is 0 Å². The summed E-state index contributed by atoms with van der Waals surface area (Å²) in [6, 6.07) is 0. The molecule has 0 amide bonds. The summed E-state index contributed by atoms with van der Waals surface area (Å²) in [7, 11) is 1.84. The van der Waals surface area contributed by atoms with E-state index in [1.165, 1.54) is 0 Å². The maximum absolute atomic E-state index is 5.52. The van der Waals surface area contributed by atoms with Gasteiger partial charge in [-0.3, -0.25) is 0 Å². The summed E-state index contributed by atoms with van der Waals surface area (Å²) in [5.74, 6) is 0. The fourth-order valence-electron chi connectivity index (χ4n) is 1.02. The molecule has 1 aliphatic rings. The topological polar surface area (TPSA) is 9.23 Å². The van der Waals surface area contributed by atoms with E-state index in [2.05, 4.69) is 27.5 Å². The monoisotopic (exact) mass is 216 g/mol. The molecule has 0 N–H and O–H groups in total. The van der Waals surface area contributed by atoms with Crippen molar-refractivity contribution in [3.63, 3.8) is 0 Å². The second-order valence-electron chi connectivity index (χ2n) is 3.04. The van der Waals surface area contributed by atoms with E-state index < -0.39 is 20.7 Å². The molecule has 0 heterocycles. The van der Waals surface area contributed by atoms with Crippen LogP contribution >= 0.6 is 0 Å². The van der Waals surface area contributed by atoms with Gasteiger partial charge in [-0.15, -0.1) is 0 Å². The predicted molar refractivity (Wildman–Crippen MR) is 40.6 cm³/mol. The van der Waals surface area contributed by atoms with E-state index in [4.69, 9.17) is 2.81 Å². The van der Waals surface area contributed by atoms with Gasteiger partial charge in [0.2, 0.25) is 0 Å². The molecule has 0 spiro atoms. The molecule has 0 atom stereocenters. The van der Waals surface area contributed by atoms with Crippen molar-refractivity contribution in [2.45, 2.75) is 15.7 Å². The zero-order valence-electron chi connectivity index (χ0n) is 6.85. The van der Waals surface area contributed by atoms with Gasteiger partial charge in [0, 0.05) is 0 Å². The third-order valence-electron chi connectivity index (χ3n) is 2.05. The average molecular weight is 217 g/mol. The van der Waals surface area contributed by atoms with E-state index in [0.717, 1.165) is 6.42 Å². The first-order valence-corrected chi connectivity index (χ1v) is 10.7. The molecule has 1 rings (SSSR count). The molecule has 2 heteroatoms. The van der Waals surface area contributed by atoms with E-state index >= 15 is 0 Å². The summed E-state index contributed by atoms with van der Waals surface area (Å²) in [6.45, 7) is 0. The van der Waals surface area contributed by atoms with Crippen LogP contribution in [0.1, 0.15) is 6.42 Å². The van der Waals surface area contributed by atoms with Crippen molar-refractivity contribution in [1.29, 1.82) is 0 Å². The Kier molecular flexibility index (Phi) is 2.65. The van der Waals surface area contributed by atoms with Gasteiger partial charge in [-0.05, 0) is 0 Å². The van der Waals surface area contributed by atoms with Gasteiger partial charge < -0.3 is 0 Å². The summed E-state index contributed by atoms with van der Waals surface area (Å²) < 4.78 is 11.7. The molecule has 0 radical (unpaired) electrons. The van der Waals surface area contributed by atoms with Gasteiger partial charge in [0.05, 0.1) is 0 Å². The van der Waals surface area contributed by atoms with Crippen LogP contribution in [0.5, 0.6) is 0 Å². The first kappa shape index (κ1) is 8.42. The van der Waals surface area contributed by atoms with Crippen LogP contribution in [0, 0.1) is 0 Å². The molecule has 10 heavy (non-hydrogen) atoms. The molecule has 0 aliphatic heterocycles. The van der Waals surface area contributed by atoms with E-state index in [1.807, 2.05) is 7.11 Å². The zero-order valence-corrected chi connectivity index (χ0v) is 9.31. The third-order valence-corrected chi connectivity index (χ3v) is 9.28. The van der Waals surface area contributed by atoms with Gasteiger partial charge >= 0.3 is 67.8 Å². The normalized spacial score (nSPS) is 17.7. The molecule has 1 aliphatic carbocycles. The number of rotatable bonds is 2. The molecule has 0 aromatic rings. The van der Waals surface area contributed by atoms with Crippen LogP contribution in [0.3, 0.4) is 0 Å². The minimum absolute atomic E-state index is 1.14. The van der Waals surface area contributed by atoms with Crippen LogP contribution < -0.4 is 0 Å². The minimum atomic E-state index is -2.14. The Bertz CT molecular complexity index is 180. The molecular formula is C8H14OZr. The molecule has 56 valence electrons. The zero-order chi connectivity index (χ0) is 7.61. The molecule has 0 fully saturated rings. The molecule has 0 aromatic heterocycles. The van der Waals surface area contributed by atoms with Gasteiger partial charge in [0.15, 0.2) is 0 Å². The number of allylic oxidation sites excluding steroid dienone is 4. The summed E-state index contributed by atoms with van der Waals surface area (Å²) in [5.41, 5.74) is 0. The van der Waals surface area contributed by atoms with Crippen molar-refractivity contribution in [1.82, 2.24) is 0 Å². The van der Waals surface area contributed by atoms with Crippen LogP contribution in [-0.4, -0.2) is 7.11 Å². The Labute approximate surface area is 67.8 Å². The van der Waals surface area contributed by atoms with Crippen molar-refractivity contribution in [2.75, 3.05) is 7.11 Å². The third kappa shape index (κ3) is 1.68. The molecule has 1 nitrogen and oxygen atoms in total. The van der Waals surface area contributed by atoms with Crippen molar-refractivity contribution < 1.29 is 23.5 Å². The maximum atomic E-state index is 5.52. The van der Waals surface area contributed by atoms with Gasteiger partial charge in [-0.2, -0.15) is 0 Å². The average Bonchev–Trinajstić information content (AvgIpc) is 2.38. The Morgan fingerprint density at radius 2 is 2.20 bits per heavy atom. The number of hydrogen-bond acceptors (Lipinski definition) is 1. The fraction of sp³-hybridized carbons (Fsp3) is 0.500. The Balaban J connectivity index is 2.65. The molecule has 0 unspecified atom stereocenters. The van der Waals surface area contributed by atoms with Crippen LogP contribution in [0.25, 0.3) is 0 Å². The van der Waals surface area contributed by atoms with Gasteiger partial charge in [-0.25, -0.2) is 0 Å². The predicted octanol–water partition coefficient (Wildman–Crippen LogP) is 2.64. The van der Waals surface area contributed by atoms with Crippen LogP contribution in [0.4, 0.5) is 0 Å². The van der Waals surface area contributed by atoms with Crippen LogP contribution in [0.2, 0.25) is 9.26 Å². The van der Waals surface area contributed by atoms with Gasteiger partial charge in [0.25, 0.3) is 0 Å². The van der Waals surface area contributed by atoms with E-state index in [9.17, 15) is 0 Å². The van der Waals surface area contributed by atoms with Crippen molar-refractivity contribution >= 4 is 0 Å². The molecule has 0 saturated carbocycles. The van der Waals surface area contributed by atoms with Crippen LogP contribution in [0.15, 0.2) is 21.5 Å². The Hall–Kier alpha value is 0.323. The summed E-state index contributed by atoms with van der Waals surface area (Å²) in [5, 5.41) is 0. The Morgan fingerprint density at radius 3 is 2.60 bits per heavy atom. The summed E-state index contributed by atoms with van der Waals surface area (Å²) >= 11 is -2.14. The van der Waals surface area contributed by atoms with Crippen LogP contribution in [-0.2, 0) is 23.5 Å². The SMILES string of the molecule is C[O][Zr]([CH3])([CH3])[C]1=CC=CC1. The quantitative estimate of drug-likeness (QED) is 0.691. The van der Waals surface area contributed by atoms with Crippen molar-refractivity contribution in [2.24, 2.45) is 0 Å². The molecule has 0 bridgehead atoms. The standard InChI is InChI=1S/C5H5.CH3O.2CH3.Zr/c1-2-4-5-3-1;1-2;;;/h1-3H,4H2;1H3;2*1H3;/q;-1;;;+1. The summed E-state index contributed by atoms with van der Waals surface area (Å²) in [4.78, 5) is 0. The van der Waals surface area contributed by atoms with Gasteiger partial charge in [0.1, 0.15) is 0 Å². The van der Waals surface area contributed by atoms with E-state index in [-0.39, 0.29) is 0 Å². The molecule has 0 aromatic carbocycles. The first-order valence-electron chi connectivity index (χ1n) is 3.58. The van der Waals surface area contributed by atoms with E-state index in [1.54, 1.807) is 3.28 Å². The number of hydrogen-bond donors (Lipinski definition) is 0. The first-order chi connectivity index (χ1) is 4.67. The van der Waals surface area contributed by atoms with Crippen molar-refractivity contribution in [3.8, 4) is 0 Å². The Morgan fingerprint density at radius 1 is 1.50 bits per heavy atom. The summed E-state index contributed by atoms with van der Waals surface area (Å²) in [6.07, 6.45) is 7.69. The second kappa shape index (κ2) is 3.15.